The Bertz CT molecular complexity index is 1450. The number of benzene rings is 2. The average molecular weight is 545 g/mol. The van der Waals surface area contributed by atoms with Crippen molar-refractivity contribution in [2.24, 2.45) is 4.99 Å². The minimum Gasteiger partial charge on any atom is -0.506 e. The summed E-state index contributed by atoms with van der Waals surface area (Å²) in [5.41, 5.74) is 4.95. The highest BCUT2D eigenvalue weighted by atomic mass is 32.2. The molecular formula is C31H32N2O5S. The maximum atomic E-state index is 12.7. The fraction of sp³-hybridized carbons (Fsp3) is 0.258. The predicted octanol–water partition coefficient (Wildman–Crippen LogP) is 7.24. The highest BCUT2D eigenvalue weighted by molar-refractivity contribution is 8.18. The lowest BCUT2D eigenvalue weighted by Crippen LogP contribution is -2.12. The Morgan fingerprint density at radius 2 is 1.72 bits per heavy atom. The van der Waals surface area contributed by atoms with Crippen LogP contribution in [0.4, 0.5) is 5.69 Å². The van der Waals surface area contributed by atoms with Gasteiger partial charge >= 0.3 is 11.9 Å². The first-order chi connectivity index (χ1) is 18.8. The van der Waals surface area contributed by atoms with Crippen molar-refractivity contribution in [2.75, 3.05) is 13.2 Å². The summed E-state index contributed by atoms with van der Waals surface area (Å²) in [6.45, 7) is 8.35. The van der Waals surface area contributed by atoms with E-state index in [1.807, 2.05) is 75.4 Å². The summed E-state index contributed by atoms with van der Waals surface area (Å²) in [5, 5.41) is 11.4. The number of carbonyl (C=O) groups is 2. The van der Waals surface area contributed by atoms with Gasteiger partial charge in [0.25, 0.3) is 0 Å². The minimum absolute atomic E-state index is 0.0622. The van der Waals surface area contributed by atoms with Gasteiger partial charge in [0.05, 0.1) is 29.4 Å². The van der Waals surface area contributed by atoms with Gasteiger partial charge in [-0.2, -0.15) is 0 Å². The molecule has 1 N–H and O–H groups in total. The molecule has 7 nitrogen and oxygen atoms in total. The van der Waals surface area contributed by atoms with E-state index in [4.69, 9.17) is 9.47 Å². The SMILES string of the molecule is CCCCOC(=O)c1ccc(-n2c(C)cc(/C=C3\SC(=Nc4ccccc4)C(C(=O)OCC)=C3O)c2C)cc1. The molecule has 39 heavy (non-hydrogen) atoms. The number of hydrogen-bond acceptors (Lipinski definition) is 7. The number of esters is 2. The molecule has 0 saturated heterocycles. The van der Waals surface area contributed by atoms with Gasteiger partial charge in [-0.15, -0.1) is 0 Å². The normalized spacial score (nSPS) is 15.3. The third-order valence-electron chi connectivity index (χ3n) is 6.21. The number of aliphatic hydroxyl groups excluding tert-OH is 1. The van der Waals surface area contributed by atoms with E-state index >= 15 is 0 Å². The molecule has 2 aromatic carbocycles. The first kappa shape index (κ1) is 28.0. The Kier molecular flexibility index (Phi) is 9.09. The van der Waals surface area contributed by atoms with E-state index < -0.39 is 5.97 Å². The number of aliphatic hydroxyl groups is 1. The maximum Gasteiger partial charge on any atom is 0.344 e. The summed E-state index contributed by atoms with van der Waals surface area (Å²) in [5.74, 6) is -1.09. The number of aliphatic imine (C=N–C) groups is 1. The molecule has 2 heterocycles. The van der Waals surface area contributed by atoms with Crippen molar-refractivity contribution in [2.45, 2.75) is 40.5 Å². The first-order valence-electron chi connectivity index (χ1n) is 12.9. The number of aryl methyl sites for hydroxylation is 1. The van der Waals surface area contributed by atoms with Gasteiger partial charge in [-0.1, -0.05) is 43.3 Å². The molecule has 0 bridgehead atoms. The van der Waals surface area contributed by atoms with E-state index in [0.717, 1.165) is 35.5 Å². The quantitative estimate of drug-likeness (QED) is 0.226. The zero-order valence-electron chi connectivity index (χ0n) is 22.6. The van der Waals surface area contributed by atoms with Gasteiger partial charge in [0.2, 0.25) is 0 Å². The number of hydrogen-bond donors (Lipinski definition) is 1. The molecule has 0 radical (unpaired) electrons. The Labute approximate surface area is 232 Å². The number of ether oxygens (including phenoxy) is 2. The number of carbonyl (C=O) groups excluding carboxylic acids is 2. The summed E-state index contributed by atoms with van der Waals surface area (Å²) in [6.07, 6.45) is 3.66. The van der Waals surface area contributed by atoms with Crippen LogP contribution in [0.3, 0.4) is 0 Å². The zero-order chi connectivity index (χ0) is 27.9. The standard InChI is InChI=1S/C31H32N2O5S/c1-5-7-17-38-30(35)22-13-15-25(16-14-22)33-20(3)18-23(21(33)4)19-26-28(34)27(31(36)37-6-2)29(39-26)32-24-11-9-8-10-12-24/h8-16,18-19,34H,5-7,17H2,1-4H3/b26-19-,32-29?. The van der Waals surface area contributed by atoms with Crippen LogP contribution in [-0.2, 0) is 14.3 Å². The number of para-hydroxylation sites is 1. The number of nitrogens with zero attached hydrogens (tertiary/aromatic N) is 2. The van der Waals surface area contributed by atoms with Crippen molar-refractivity contribution in [3.8, 4) is 5.69 Å². The zero-order valence-corrected chi connectivity index (χ0v) is 23.4. The molecule has 0 spiro atoms. The van der Waals surface area contributed by atoms with Crippen molar-refractivity contribution >= 4 is 40.5 Å². The molecule has 0 aliphatic carbocycles. The number of thioether (sulfide) groups is 1. The van der Waals surface area contributed by atoms with Crippen LogP contribution in [0.2, 0.25) is 0 Å². The Morgan fingerprint density at radius 1 is 1.00 bits per heavy atom. The third-order valence-corrected chi connectivity index (χ3v) is 7.23. The summed E-state index contributed by atoms with van der Waals surface area (Å²) in [7, 11) is 0. The smallest absolute Gasteiger partial charge is 0.344 e. The van der Waals surface area contributed by atoms with E-state index in [2.05, 4.69) is 9.56 Å². The summed E-state index contributed by atoms with van der Waals surface area (Å²) < 4.78 is 12.6. The third kappa shape index (κ3) is 6.34. The fourth-order valence-corrected chi connectivity index (χ4v) is 5.25. The molecule has 1 aliphatic rings. The molecule has 0 saturated carbocycles. The lowest BCUT2D eigenvalue weighted by Gasteiger charge is -2.11. The number of rotatable bonds is 9. The molecule has 0 amide bonds. The predicted molar refractivity (Wildman–Crippen MR) is 156 cm³/mol. The van der Waals surface area contributed by atoms with Crippen LogP contribution in [0.5, 0.6) is 0 Å². The molecule has 8 heteroatoms. The van der Waals surface area contributed by atoms with Gasteiger partial charge < -0.3 is 19.1 Å². The van der Waals surface area contributed by atoms with Crippen LogP contribution in [0.1, 0.15) is 54.0 Å². The van der Waals surface area contributed by atoms with E-state index in [0.29, 0.717) is 27.8 Å². The molecule has 3 aromatic rings. The van der Waals surface area contributed by atoms with Crippen LogP contribution in [0, 0.1) is 13.8 Å². The van der Waals surface area contributed by atoms with Crippen molar-refractivity contribution in [1.29, 1.82) is 0 Å². The maximum absolute atomic E-state index is 12.7. The van der Waals surface area contributed by atoms with Gasteiger partial charge in [-0.25, -0.2) is 14.6 Å². The number of aromatic nitrogens is 1. The van der Waals surface area contributed by atoms with Crippen molar-refractivity contribution < 1.29 is 24.2 Å². The summed E-state index contributed by atoms with van der Waals surface area (Å²) in [6, 6.07) is 18.6. The van der Waals surface area contributed by atoms with Crippen molar-refractivity contribution in [1.82, 2.24) is 4.57 Å². The van der Waals surface area contributed by atoms with Gasteiger partial charge in [0.1, 0.15) is 16.4 Å². The van der Waals surface area contributed by atoms with Crippen LogP contribution in [0.15, 0.2) is 81.9 Å². The van der Waals surface area contributed by atoms with Crippen LogP contribution < -0.4 is 0 Å². The Morgan fingerprint density at radius 3 is 2.38 bits per heavy atom. The molecule has 0 atom stereocenters. The lowest BCUT2D eigenvalue weighted by atomic mass is 10.1. The van der Waals surface area contributed by atoms with Crippen molar-refractivity contribution in [3.63, 3.8) is 0 Å². The first-order valence-corrected chi connectivity index (χ1v) is 13.8. The summed E-state index contributed by atoms with van der Waals surface area (Å²) >= 11 is 1.23. The molecule has 1 aliphatic heterocycles. The second-order valence-corrected chi connectivity index (χ2v) is 10.0. The summed E-state index contributed by atoms with van der Waals surface area (Å²) in [4.78, 5) is 30.1. The van der Waals surface area contributed by atoms with Gasteiger partial charge in [-0.05, 0) is 81.3 Å². The van der Waals surface area contributed by atoms with Gasteiger partial charge in [0, 0.05) is 17.1 Å². The molecule has 202 valence electrons. The average Bonchev–Trinajstić information content (AvgIpc) is 3.38. The monoisotopic (exact) mass is 544 g/mol. The molecule has 1 aromatic heterocycles. The topological polar surface area (TPSA) is 90.1 Å². The van der Waals surface area contributed by atoms with E-state index in [1.54, 1.807) is 19.1 Å². The molecule has 4 rings (SSSR count). The number of unbranched alkanes of at least 4 members (excludes halogenated alkanes) is 1. The van der Waals surface area contributed by atoms with E-state index in [-0.39, 0.29) is 23.9 Å². The molecule has 0 fully saturated rings. The van der Waals surface area contributed by atoms with Crippen LogP contribution in [0.25, 0.3) is 11.8 Å². The lowest BCUT2D eigenvalue weighted by molar-refractivity contribution is -0.138. The largest absolute Gasteiger partial charge is 0.506 e. The molecule has 0 unspecified atom stereocenters. The van der Waals surface area contributed by atoms with Crippen molar-refractivity contribution in [3.05, 3.63) is 99.4 Å². The van der Waals surface area contributed by atoms with E-state index in [9.17, 15) is 14.7 Å². The second-order valence-electron chi connectivity index (χ2n) is 9.01. The fourth-order valence-electron chi connectivity index (χ4n) is 4.22. The van der Waals surface area contributed by atoms with Crippen LogP contribution in [-0.4, -0.2) is 39.9 Å². The van der Waals surface area contributed by atoms with E-state index in [1.165, 1.54) is 11.8 Å². The van der Waals surface area contributed by atoms with Gasteiger partial charge in [-0.3, -0.25) is 0 Å². The Hall–Kier alpha value is -4.04. The highest BCUT2D eigenvalue weighted by Gasteiger charge is 2.33. The Balaban J connectivity index is 1.65. The second kappa shape index (κ2) is 12.7. The van der Waals surface area contributed by atoms with Gasteiger partial charge in [0.15, 0.2) is 0 Å². The van der Waals surface area contributed by atoms with Crippen LogP contribution >= 0.6 is 11.8 Å². The highest BCUT2D eigenvalue weighted by Crippen LogP contribution is 2.41. The minimum atomic E-state index is -0.612. The molecular weight excluding hydrogens is 512 g/mol.